The van der Waals surface area contributed by atoms with Crippen molar-refractivity contribution in [3.63, 3.8) is 0 Å². The Bertz CT molecular complexity index is 1600. The van der Waals surface area contributed by atoms with Crippen molar-refractivity contribution in [2.24, 2.45) is 0 Å². The predicted molar refractivity (Wildman–Crippen MR) is 135 cm³/mol. The summed E-state index contributed by atoms with van der Waals surface area (Å²) in [5.41, 5.74) is 9.83. The molecule has 0 N–H and O–H groups in total. The monoisotopic (exact) mass is 417 g/mol. The van der Waals surface area contributed by atoms with E-state index in [-0.39, 0.29) is 0 Å². The van der Waals surface area contributed by atoms with E-state index < -0.39 is 0 Å². The van der Waals surface area contributed by atoms with Crippen molar-refractivity contribution in [3.05, 3.63) is 90.1 Å². The van der Waals surface area contributed by atoms with Gasteiger partial charge in [0.2, 0.25) is 0 Å². The van der Waals surface area contributed by atoms with Crippen molar-refractivity contribution in [2.75, 3.05) is 0 Å². The lowest BCUT2D eigenvalue weighted by Gasteiger charge is -2.20. The van der Waals surface area contributed by atoms with Crippen LogP contribution in [0.25, 0.3) is 44.4 Å². The molecule has 0 spiro atoms. The van der Waals surface area contributed by atoms with Crippen LogP contribution in [0, 0.1) is 0 Å². The van der Waals surface area contributed by atoms with Gasteiger partial charge in [-0.25, -0.2) is 4.98 Å². The Morgan fingerprint density at radius 2 is 1.34 bits per heavy atom. The fraction of sp³-hybridized carbons (Fsp3) is 0.207. The quantitative estimate of drug-likeness (QED) is 0.288. The number of nitrogens with zero attached hydrogens (tertiary/aromatic N) is 3. The second-order valence-corrected chi connectivity index (χ2v) is 9.34. The van der Waals surface area contributed by atoms with Gasteiger partial charge in [-0.3, -0.25) is 8.80 Å². The van der Waals surface area contributed by atoms with Crippen molar-refractivity contribution in [2.45, 2.75) is 39.5 Å². The van der Waals surface area contributed by atoms with Crippen LogP contribution in [-0.2, 0) is 0 Å². The van der Waals surface area contributed by atoms with E-state index in [0.717, 1.165) is 11.3 Å². The largest absolute Gasteiger partial charge is 0.295 e. The van der Waals surface area contributed by atoms with Crippen LogP contribution in [0.5, 0.6) is 0 Å². The van der Waals surface area contributed by atoms with E-state index in [1.54, 1.807) is 0 Å². The number of para-hydroxylation sites is 2. The Labute approximate surface area is 187 Å². The molecule has 3 heterocycles. The summed E-state index contributed by atoms with van der Waals surface area (Å²) in [6.07, 6.45) is 2.08. The van der Waals surface area contributed by atoms with Gasteiger partial charge in [0.05, 0.1) is 22.9 Å². The van der Waals surface area contributed by atoms with Gasteiger partial charge >= 0.3 is 0 Å². The molecule has 0 saturated heterocycles. The number of benzene rings is 3. The molecule has 0 aliphatic carbocycles. The average molecular weight is 418 g/mol. The second kappa shape index (κ2) is 6.96. The van der Waals surface area contributed by atoms with Crippen molar-refractivity contribution in [3.8, 4) is 11.3 Å². The van der Waals surface area contributed by atoms with Crippen LogP contribution in [-0.4, -0.2) is 13.8 Å². The second-order valence-electron chi connectivity index (χ2n) is 9.34. The topological polar surface area (TPSA) is 21.7 Å². The number of aromatic nitrogens is 3. The van der Waals surface area contributed by atoms with Gasteiger partial charge in [-0.2, -0.15) is 0 Å². The molecule has 6 aromatic rings. The zero-order valence-electron chi connectivity index (χ0n) is 19.0. The van der Waals surface area contributed by atoms with Gasteiger partial charge in [-0.1, -0.05) is 76.2 Å². The molecular formula is C29H27N3. The summed E-state index contributed by atoms with van der Waals surface area (Å²) in [4.78, 5) is 4.99. The van der Waals surface area contributed by atoms with Crippen LogP contribution >= 0.6 is 0 Å². The van der Waals surface area contributed by atoms with E-state index in [1.165, 1.54) is 44.2 Å². The zero-order chi connectivity index (χ0) is 22.0. The highest BCUT2D eigenvalue weighted by Gasteiger charge is 2.21. The van der Waals surface area contributed by atoms with Gasteiger partial charge < -0.3 is 0 Å². The Balaban J connectivity index is 1.87. The smallest absolute Gasteiger partial charge is 0.148 e. The maximum Gasteiger partial charge on any atom is 0.148 e. The van der Waals surface area contributed by atoms with Gasteiger partial charge in [0, 0.05) is 16.3 Å². The molecule has 0 aliphatic heterocycles. The summed E-state index contributed by atoms with van der Waals surface area (Å²) < 4.78 is 4.76. The zero-order valence-corrected chi connectivity index (χ0v) is 19.0. The molecule has 0 unspecified atom stereocenters. The fourth-order valence-corrected chi connectivity index (χ4v) is 5.21. The minimum Gasteiger partial charge on any atom is -0.295 e. The van der Waals surface area contributed by atoms with Crippen molar-refractivity contribution < 1.29 is 0 Å². The van der Waals surface area contributed by atoms with Crippen LogP contribution in [0.15, 0.2) is 79.0 Å². The Morgan fingerprint density at radius 1 is 0.688 bits per heavy atom. The first kappa shape index (κ1) is 19.1. The molecule has 0 fully saturated rings. The molecule has 0 atom stereocenters. The highest BCUT2D eigenvalue weighted by molar-refractivity contribution is 6.00. The van der Waals surface area contributed by atoms with Gasteiger partial charge in [0.25, 0.3) is 0 Å². The van der Waals surface area contributed by atoms with E-state index in [9.17, 15) is 0 Å². The van der Waals surface area contributed by atoms with E-state index >= 15 is 0 Å². The molecular weight excluding hydrogens is 390 g/mol. The van der Waals surface area contributed by atoms with E-state index in [0.29, 0.717) is 11.8 Å². The Kier molecular flexibility index (Phi) is 4.16. The molecule has 0 aliphatic rings. The highest BCUT2D eigenvalue weighted by atomic mass is 15.1. The summed E-state index contributed by atoms with van der Waals surface area (Å²) in [6.45, 7) is 9.12. The summed E-state index contributed by atoms with van der Waals surface area (Å²) >= 11 is 0. The normalized spacial score (nSPS) is 12.3. The molecule has 0 radical (unpaired) electrons. The van der Waals surface area contributed by atoms with Gasteiger partial charge in [-0.15, -0.1) is 0 Å². The third-order valence-electron chi connectivity index (χ3n) is 6.70. The minimum atomic E-state index is 0.427. The number of imidazole rings is 1. The number of hydrogen-bond donors (Lipinski definition) is 0. The highest BCUT2D eigenvalue weighted by Crippen LogP contribution is 2.39. The lowest BCUT2D eigenvalue weighted by molar-refractivity contribution is 0.836. The molecule has 3 heteroatoms. The average Bonchev–Trinajstić information content (AvgIpc) is 3.40. The van der Waals surface area contributed by atoms with Crippen LogP contribution < -0.4 is 0 Å². The number of rotatable bonds is 3. The molecule has 0 saturated carbocycles. The van der Waals surface area contributed by atoms with Crippen LogP contribution in [0.2, 0.25) is 0 Å². The predicted octanol–water partition coefficient (Wildman–Crippen LogP) is 7.81. The first-order valence-electron chi connectivity index (χ1n) is 11.5. The van der Waals surface area contributed by atoms with Gasteiger partial charge in [-0.05, 0) is 47.2 Å². The molecule has 158 valence electrons. The summed E-state index contributed by atoms with van der Waals surface area (Å²) in [5, 5.41) is 2.41. The van der Waals surface area contributed by atoms with Crippen molar-refractivity contribution in [1.29, 1.82) is 0 Å². The first-order chi connectivity index (χ1) is 15.6. The van der Waals surface area contributed by atoms with E-state index in [4.69, 9.17) is 4.98 Å². The van der Waals surface area contributed by atoms with Gasteiger partial charge in [0.1, 0.15) is 11.3 Å². The first-order valence-corrected chi connectivity index (χ1v) is 11.5. The maximum absolute atomic E-state index is 4.99. The fourth-order valence-electron chi connectivity index (χ4n) is 5.21. The van der Waals surface area contributed by atoms with Crippen LogP contribution in [0.4, 0.5) is 0 Å². The SMILES string of the molecule is CC(C)c1cccc(C(C)C)c1-c1cnc2c3ccccc3n3c4ccccc4cc3n12. The van der Waals surface area contributed by atoms with Crippen LogP contribution in [0.3, 0.4) is 0 Å². The molecule has 6 rings (SSSR count). The van der Waals surface area contributed by atoms with Gasteiger partial charge in [0.15, 0.2) is 0 Å². The molecule has 3 aromatic carbocycles. The lowest BCUT2D eigenvalue weighted by Crippen LogP contribution is -2.03. The molecule has 0 amide bonds. The Hall–Kier alpha value is -3.59. The molecule has 3 nitrogen and oxygen atoms in total. The molecule has 32 heavy (non-hydrogen) atoms. The van der Waals surface area contributed by atoms with Crippen LogP contribution in [0.1, 0.15) is 50.7 Å². The molecule has 3 aromatic heterocycles. The third kappa shape index (κ3) is 2.57. The summed E-state index contributed by atoms with van der Waals surface area (Å²) in [6, 6.07) is 26.3. The Morgan fingerprint density at radius 3 is 2.06 bits per heavy atom. The minimum absolute atomic E-state index is 0.427. The lowest BCUT2D eigenvalue weighted by atomic mass is 9.87. The van der Waals surface area contributed by atoms with Crippen molar-refractivity contribution >= 4 is 33.1 Å². The standard InChI is InChI=1S/C29H27N3/c1-18(2)21-12-9-13-22(19(3)4)28(21)26-17-30-29-23-11-6-8-15-25(23)31-24-14-7-5-10-20(24)16-27(31)32(26)29/h5-19H,1-4H3. The van der Waals surface area contributed by atoms with E-state index in [2.05, 4.69) is 115 Å². The summed E-state index contributed by atoms with van der Waals surface area (Å²) in [7, 11) is 0. The molecule has 0 bridgehead atoms. The maximum atomic E-state index is 4.99. The summed E-state index contributed by atoms with van der Waals surface area (Å²) in [5.74, 6) is 0.855. The number of fused-ring (bicyclic) bond motifs is 8. The van der Waals surface area contributed by atoms with E-state index in [1.807, 2.05) is 0 Å². The third-order valence-corrected chi connectivity index (χ3v) is 6.70. The number of hydrogen-bond acceptors (Lipinski definition) is 1. The van der Waals surface area contributed by atoms with Crippen molar-refractivity contribution in [1.82, 2.24) is 13.8 Å².